The molecule has 0 unspecified atom stereocenters. The topological polar surface area (TPSA) is 107 Å². The minimum Gasteiger partial charge on any atom is -0.339 e. The predicted octanol–water partition coefficient (Wildman–Crippen LogP) is 2.54. The number of hydrogen-bond donors (Lipinski definition) is 2. The van der Waals surface area contributed by atoms with Crippen molar-refractivity contribution < 1.29 is 9.59 Å². The van der Waals surface area contributed by atoms with Gasteiger partial charge in [0, 0.05) is 50.0 Å². The minimum absolute atomic E-state index is 0.0922. The third kappa shape index (κ3) is 5.94. The third-order valence-electron chi connectivity index (χ3n) is 5.53. The van der Waals surface area contributed by atoms with Gasteiger partial charge in [-0.2, -0.15) is 5.10 Å². The van der Waals surface area contributed by atoms with E-state index in [1.165, 1.54) is 0 Å². The van der Waals surface area contributed by atoms with Crippen LogP contribution in [-0.2, 0) is 17.6 Å². The molecule has 9 nitrogen and oxygen atoms in total. The summed E-state index contributed by atoms with van der Waals surface area (Å²) in [6.45, 7) is 6.96. The van der Waals surface area contributed by atoms with Crippen LogP contribution in [0.25, 0.3) is 0 Å². The summed E-state index contributed by atoms with van der Waals surface area (Å²) in [4.78, 5) is 37.7. The Bertz CT molecular complexity index is 1070. The lowest BCUT2D eigenvalue weighted by molar-refractivity contribution is -0.130. The highest BCUT2D eigenvalue weighted by Gasteiger charge is 2.22. The van der Waals surface area contributed by atoms with Gasteiger partial charge in [0.1, 0.15) is 0 Å². The minimum atomic E-state index is -0.259. The number of nitrogens with one attached hydrogen (secondary N) is 2. The monoisotopic (exact) mass is 447 g/mol. The first kappa shape index (κ1) is 22.4. The van der Waals surface area contributed by atoms with Crippen LogP contribution in [0.5, 0.6) is 0 Å². The van der Waals surface area contributed by atoms with Gasteiger partial charge in [-0.25, -0.2) is 9.97 Å². The van der Waals surface area contributed by atoms with E-state index >= 15 is 0 Å². The van der Waals surface area contributed by atoms with Crippen molar-refractivity contribution in [3.8, 4) is 0 Å². The van der Waals surface area contributed by atoms with Crippen LogP contribution in [-0.4, -0.2) is 63.1 Å². The van der Waals surface area contributed by atoms with Crippen LogP contribution in [0.3, 0.4) is 0 Å². The van der Waals surface area contributed by atoms with Crippen LogP contribution in [0.15, 0.2) is 48.8 Å². The van der Waals surface area contributed by atoms with Crippen LogP contribution in [0.1, 0.15) is 35.6 Å². The van der Waals surface area contributed by atoms with Crippen LogP contribution < -0.4 is 10.2 Å². The van der Waals surface area contributed by atoms with E-state index in [9.17, 15) is 9.59 Å². The van der Waals surface area contributed by atoms with Crippen molar-refractivity contribution in [2.24, 2.45) is 5.92 Å². The van der Waals surface area contributed by atoms with Gasteiger partial charge in [0.15, 0.2) is 5.69 Å². The maximum atomic E-state index is 12.7. The Hall–Kier alpha value is -3.75. The molecule has 0 saturated carbocycles. The molecule has 2 N–H and O–H groups in total. The average Bonchev–Trinajstić information content (AvgIpc) is 3.29. The molecule has 0 radical (unpaired) electrons. The van der Waals surface area contributed by atoms with Gasteiger partial charge in [-0.15, -0.1) is 0 Å². The van der Waals surface area contributed by atoms with Crippen molar-refractivity contribution in [1.29, 1.82) is 0 Å². The van der Waals surface area contributed by atoms with Crippen LogP contribution in [0.4, 0.5) is 11.6 Å². The maximum absolute atomic E-state index is 12.7. The van der Waals surface area contributed by atoms with Gasteiger partial charge in [-0.1, -0.05) is 26.0 Å². The average molecular weight is 448 g/mol. The van der Waals surface area contributed by atoms with Crippen molar-refractivity contribution in [1.82, 2.24) is 25.1 Å². The van der Waals surface area contributed by atoms with Crippen molar-refractivity contribution in [2.75, 3.05) is 36.4 Å². The number of aromatic nitrogens is 4. The van der Waals surface area contributed by atoms with Crippen LogP contribution >= 0.6 is 0 Å². The summed E-state index contributed by atoms with van der Waals surface area (Å²) in [6.07, 6.45) is 4.63. The molecule has 0 atom stereocenters. The molecule has 1 fully saturated rings. The van der Waals surface area contributed by atoms with Crippen molar-refractivity contribution in [3.05, 3.63) is 65.7 Å². The number of carbonyl (C=O) groups is 2. The fourth-order valence-corrected chi connectivity index (χ4v) is 3.82. The Morgan fingerprint density at radius 1 is 1.06 bits per heavy atom. The van der Waals surface area contributed by atoms with Crippen molar-refractivity contribution >= 4 is 23.5 Å². The molecule has 1 aliphatic heterocycles. The first-order valence-corrected chi connectivity index (χ1v) is 11.2. The zero-order valence-corrected chi connectivity index (χ0v) is 19.0. The molecule has 0 spiro atoms. The zero-order valence-electron chi connectivity index (χ0n) is 19.0. The maximum Gasteiger partial charge on any atom is 0.276 e. The molecule has 1 aliphatic rings. The Labute approximate surface area is 193 Å². The lowest BCUT2D eigenvalue weighted by Gasteiger charge is -2.34. The first-order chi connectivity index (χ1) is 16.0. The highest BCUT2D eigenvalue weighted by molar-refractivity contribution is 6.02. The normalized spacial score (nSPS) is 13.9. The largest absolute Gasteiger partial charge is 0.339 e. The summed E-state index contributed by atoms with van der Waals surface area (Å²) in [6, 6.07) is 10.9. The fraction of sp³-hybridized carbons (Fsp3) is 0.375. The van der Waals surface area contributed by atoms with E-state index in [4.69, 9.17) is 0 Å². The molecule has 3 aromatic rings. The quantitative estimate of drug-likeness (QED) is 0.576. The van der Waals surface area contributed by atoms with E-state index in [2.05, 4.69) is 44.2 Å². The molecular formula is C24H29N7O2. The van der Waals surface area contributed by atoms with Crippen molar-refractivity contribution in [3.63, 3.8) is 0 Å². The van der Waals surface area contributed by atoms with E-state index in [-0.39, 0.29) is 11.8 Å². The highest BCUT2D eigenvalue weighted by Crippen LogP contribution is 2.15. The van der Waals surface area contributed by atoms with E-state index in [1.807, 2.05) is 29.2 Å². The number of anilines is 2. The molecule has 3 heterocycles. The summed E-state index contributed by atoms with van der Waals surface area (Å²) in [5, 5.41) is 9.87. The third-order valence-corrected chi connectivity index (χ3v) is 5.53. The summed E-state index contributed by atoms with van der Waals surface area (Å²) in [7, 11) is 0. The van der Waals surface area contributed by atoms with Crippen LogP contribution in [0, 0.1) is 5.92 Å². The second-order valence-electron chi connectivity index (χ2n) is 8.62. The highest BCUT2D eigenvalue weighted by atomic mass is 16.2. The number of amides is 2. The molecule has 1 aromatic carbocycles. The Morgan fingerprint density at radius 3 is 2.42 bits per heavy atom. The van der Waals surface area contributed by atoms with Gasteiger partial charge in [0.2, 0.25) is 11.9 Å². The second kappa shape index (κ2) is 10.2. The molecule has 2 amide bonds. The van der Waals surface area contributed by atoms with Gasteiger partial charge in [0.25, 0.3) is 5.91 Å². The summed E-state index contributed by atoms with van der Waals surface area (Å²) < 4.78 is 0. The SMILES string of the molecule is CC(C)Cc1cc(C(=O)Nc2ccc(CC(=O)N3CCN(c4ncccn4)CC3)cc2)n[nH]1. The van der Waals surface area contributed by atoms with Gasteiger partial charge < -0.3 is 15.1 Å². The second-order valence-corrected chi connectivity index (χ2v) is 8.62. The number of rotatable bonds is 7. The molecule has 33 heavy (non-hydrogen) atoms. The Kier molecular flexibility index (Phi) is 6.97. The van der Waals surface area contributed by atoms with E-state index in [0.29, 0.717) is 55.8 Å². The molecule has 2 aromatic heterocycles. The molecule has 172 valence electrons. The van der Waals surface area contributed by atoms with E-state index in [0.717, 1.165) is 17.7 Å². The van der Waals surface area contributed by atoms with Gasteiger partial charge in [0.05, 0.1) is 6.42 Å². The summed E-state index contributed by atoms with van der Waals surface area (Å²) >= 11 is 0. The number of carbonyl (C=O) groups excluding carboxylic acids is 2. The van der Waals surface area contributed by atoms with Gasteiger partial charge in [-0.3, -0.25) is 14.7 Å². The molecule has 0 bridgehead atoms. The number of nitrogens with zero attached hydrogens (tertiary/aromatic N) is 5. The lowest BCUT2D eigenvalue weighted by Crippen LogP contribution is -2.49. The predicted molar refractivity (Wildman–Crippen MR) is 126 cm³/mol. The number of hydrogen-bond acceptors (Lipinski definition) is 6. The fourth-order valence-electron chi connectivity index (χ4n) is 3.82. The molecule has 0 aliphatic carbocycles. The summed E-state index contributed by atoms with van der Waals surface area (Å²) in [5.74, 6) is 1.02. The molecule has 9 heteroatoms. The molecule has 4 rings (SSSR count). The number of piperazine rings is 1. The molecule has 1 saturated heterocycles. The smallest absolute Gasteiger partial charge is 0.276 e. The first-order valence-electron chi connectivity index (χ1n) is 11.2. The zero-order chi connectivity index (χ0) is 23.2. The number of benzene rings is 1. The van der Waals surface area contributed by atoms with Gasteiger partial charge >= 0.3 is 0 Å². The van der Waals surface area contributed by atoms with Crippen LogP contribution in [0.2, 0.25) is 0 Å². The van der Waals surface area contributed by atoms with Crippen molar-refractivity contribution in [2.45, 2.75) is 26.7 Å². The number of H-pyrrole nitrogens is 1. The number of aromatic amines is 1. The lowest BCUT2D eigenvalue weighted by atomic mass is 10.1. The standard InChI is InChI=1S/C24H29N7O2/c1-17(2)14-20-16-21(29-28-20)23(33)27-19-6-4-18(5-7-19)15-22(32)30-10-12-31(13-11-30)24-25-8-3-9-26-24/h3-9,16-17H,10-15H2,1-2H3,(H,27,33)(H,28,29). The van der Waals surface area contributed by atoms with E-state index in [1.54, 1.807) is 24.5 Å². The Morgan fingerprint density at radius 2 is 1.76 bits per heavy atom. The van der Waals surface area contributed by atoms with Gasteiger partial charge in [-0.05, 0) is 42.2 Å². The Balaban J connectivity index is 1.26. The summed E-state index contributed by atoms with van der Waals surface area (Å²) in [5.41, 5.74) is 2.89. The molecular weight excluding hydrogens is 418 g/mol. The van der Waals surface area contributed by atoms with E-state index < -0.39 is 0 Å².